The molecule has 5 nitrogen and oxygen atoms in total. The number of H-pyrrole nitrogens is 1. The van der Waals surface area contributed by atoms with E-state index in [-0.39, 0.29) is 11.4 Å². The number of aromatic nitrogens is 1. The standard InChI is InChI=1S/C7H4ClNO2.C6H6ClNO/c8-4-2-1-3-5-6(4)9-7(10)11-5;7-4-2-1-3-5(9)6(4)8/h1-3H,(H,9,10);1-3,9H,8H2. The first-order valence-electron chi connectivity index (χ1n) is 5.49. The number of nitrogens with two attached hydrogens (primary N) is 1. The van der Waals surface area contributed by atoms with E-state index in [1.54, 1.807) is 30.3 Å². The Labute approximate surface area is 123 Å². The summed E-state index contributed by atoms with van der Waals surface area (Å²) in [4.78, 5) is 13.1. The highest BCUT2D eigenvalue weighted by atomic mass is 35.5. The number of benzene rings is 2. The number of halogens is 2. The van der Waals surface area contributed by atoms with Gasteiger partial charge in [-0.05, 0) is 24.3 Å². The predicted molar refractivity (Wildman–Crippen MR) is 79.4 cm³/mol. The SMILES string of the molecule is Nc1c(O)cccc1Cl.O=c1[nH]c2c(Cl)cccc2o1. The van der Waals surface area contributed by atoms with Crippen LogP contribution in [0.25, 0.3) is 11.1 Å². The summed E-state index contributed by atoms with van der Waals surface area (Å²) in [6.07, 6.45) is 0. The minimum atomic E-state index is -0.479. The fourth-order valence-electron chi connectivity index (χ4n) is 1.46. The summed E-state index contributed by atoms with van der Waals surface area (Å²) in [7, 11) is 0. The molecule has 0 aliphatic carbocycles. The molecule has 0 spiro atoms. The Balaban J connectivity index is 0.000000151. The lowest BCUT2D eigenvalue weighted by atomic mass is 10.3. The number of nitrogens with one attached hydrogen (secondary N) is 1. The summed E-state index contributed by atoms with van der Waals surface area (Å²) >= 11 is 11.3. The number of oxazole rings is 1. The molecule has 1 heterocycles. The van der Waals surface area contributed by atoms with Gasteiger partial charge in [0.1, 0.15) is 11.3 Å². The molecule has 0 aliphatic rings. The number of rotatable bonds is 0. The summed E-state index contributed by atoms with van der Waals surface area (Å²) in [5.41, 5.74) is 6.58. The van der Waals surface area contributed by atoms with Crippen LogP contribution in [0.2, 0.25) is 10.0 Å². The zero-order chi connectivity index (χ0) is 14.7. The van der Waals surface area contributed by atoms with Crippen LogP contribution in [0.4, 0.5) is 5.69 Å². The highest BCUT2D eigenvalue weighted by Crippen LogP contribution is 2.26. The smallest absolute Gasteiger partial charge is 0.417 e. The van der Waals surface area contributed by atoms with Crippen molar-refractivity contribution in [3.8, 4) is 5.75 Å². The summed E-state index contributed by atoms with van der Waals surface area (Å²) in [6, 6.07) is 9.84. The largest absolute Gasteiger partial charge is 0.506 e. The number of para-hydroxylation sites is 2. The van der Waals surface area contributed by atoms with Gasteiger partial charge in [0.05, 0.1) is 15.7 Å². The highest BCUT2D eigenvalue weighted by molar-refractivity contribution is 6.34. The molecule has 1 aromatic heterocycles. The van der Waals surface area contributed by atoms with E-state index < -0.39 is 5.76 Å². The quantitative estimate of drug-likeness (QED) is 0.438. The molecule has 4 N–H and O–H groups in total. The molecule has 0 radical (unpaired) electrons. The first-order chi connectivity index (χ1) is 9.49. The zero-order valence-corrected chi connectivity index (χ0v) is 11.6. The van der Waals surface area contributed by atoms with Crippen LogP contribution in [-0.4, -0.2) is 10.1 Å². The molecule has 0 saturated heterocycles. The van der Waals surface area contributed by atoms with Crippen molar-refractivity contribution in [3.05, 3.63) is 57.0 Å². The third kappa shape index (κ3) is 3.07. The van der Waals surface area contributed by atoms with Gasteiger partial charge in [-0.25, -0.2) is 4.79 Å². The summed E-state index contributed by atoms with van der Waals surface area (Å²) in [6.45, 7) is 0. The molecule has 0 bridgehead atoms. The van der Waals surface area contributed by atoms with Crippen molar-refractivity contribution < 1.29 is 9.52 Å². The molecule has 0 saturated carbocycles. The number of hydrogen-bond acceptors (Lipinski definition) is 4. The van der Waals surface area contributed by atoms with E-state index >= 15 is 0 Å². The van der Waals surface area contributed by atoms with Crippen LogP contribution < -0.4 is 11.5 Å². The minimum Gasteiger partial charge on any atom is -0.506 e. The second kappa shape index (κ2) is 5.90. The Kier molecular flexibility index (Phi) is 4.22. The summed E-state index contributed by atoms with van der Waals surface area (Å²) < 4.78 is 4.75. The highest BCUT2D eigenvalue weighted by Gasteiger charge is 2.02. The molecule has 0 fully saturated rings. The van der Waals surface area contributed by atoms with E-state index in [1.165, 1.54) is 6.07 Å². The average Bonchev–Trinajstić information content (AvgIpc) is 2.79. The molecule has 0 amide bonds. The van der Waals surface area contributed by atoms with Gasteiger partial charge in [0.25, 0.3) is 0 Å². The van der Waals surface area contributed by atoms with Crippen molar-refractivity contribution >= 4 is 40.0 Å². The van der Waals surface area contributed by atoms with Crippen molar-refractivity contribution in [1.82, 2.24) is 4.98 Å². The zero-order valence-electron chi connectivity index (χ0n) is 10.1. The molecule has 20 heavy (non-hydrogen) atoms. The van der Waals surface area contributed by atoms with Gasteiger partial charge < -0.3 is 15.3 Å². The fraction of sp³-hybridized carbons (Fsp3) is 0. The molecular formula is C13H10Cl2N2O3. The minimum absolute atomic E-state index is 0.0301. The van der Waals surface area contributed by atoms with E-state index in [1.807, 2.05) is 0 Å². The van der Waals surface area contributed by atoms with Crippen LogP contribution in [0, 0.1) is 0 Å². The molecule has 2 aromatic carbocycles. The number of phenols is 1. The number of fused-ring (bicyclic) bond motifs is 1. The van der Waals surface area contributed by atoms with Gasteiger partial charge in [-0.1, -0.05) is 35.3 Å². The van der Waals surface area contributed by atoms with Crippen molar-refractivity contribution in [3.63, 3.8) is 0 Å². The second-order valence-corrected chi connectivity index (χ2v) is 4.61. The van der Waals surface area contributed by atoms with Gasteiger partial charge in [-0.3, -0.25) is 4.98 Å². The molecule has 3 aromatic rings. The van der Waals surface area contributed by atoms with E-state index in [2.05, 4.69) is 4.98 Å². The van der Waals surface area contributed by atoms with Crippen molar-refractivity contribution in [2.45, 2.75) is 0 Å². The van der Waals surface area contributed by atoms with Gasteiger partial charge in [-0.15, -0.1) is 0 Å². The van der Waals surface area contributed by atoms with Crippen molar-refractivity contribution in [2.24, 2.45) is 0 Å². The number of anilines is 1. The Morgan fingerprint density at radius 2 is 1.75 bits per heavy atom. The van der Waals surface area contributed by atoms with Crippen LogP contribution in [0.3, 0.4) is 0 Å². The Hall–Kier alpha value is -2.11. The van der Waals surface area contributed by atoms with Gasteiger partial charge in [0.2, 0.25) is 0 Å². The molecule has 3 rings (SSSR count). The molecule has 104 valence electrons. The van der Waals surface area contributed by atoms with Crippen LogP contribution in [0.15, 0.2) is 45.6 Å². The number of phenolic OH excluding ortho intramolecular Hbond substituents is 1. The van der Waals surface area contributed by atoms with Gasteiger partial charge >= 0.3 is 5.76 Å². The van der Waals surface area contributed by atoms with E-state index in [0.717, 1.165) is 0 Å². The normalized spacial score (nSPS) is 10.1. The fourth-order valence-corrected chi connectivity index (χ4v) is 1.85. The number of aromatic amines is 1. The van der Waals surface area contributed by atoms with E-state index in [0.29, 0.717) is 21.1 Å². The maximum absolute atomic E-state index is 10.7. The third-order valence-electron chi connectivity index (χ3n) is 2.43. The van der Waals surface area contributed by atoms with Crippen molar-refractivity contribution in [2.75, 3.05) is 5.73 Å². The lowest BCUT2D eigenvalue weighted by Crippen LogP contribution is -1.93. The van der Waals surface area contributed by atoms with Gasteiger partial charge in [0, 0.05) is 0 Å². The maximum Gasteiger partial charge on any atom is 0.417 e. The van der Waals surface area contributed by atoms with Crippen molar-refractivity contribution in [1.29, 1.82) is 0 Å². The Morgan fingerprint density at radius 1 is 1.10 bits per heavy atom. The first-order valence-corrected chi connectivity index (χ1v) is 6.25. The van der Waals surface area contributed by atoms with Gasteiger partial charge in [-0.2, -0.15) is 0 Å². The molecule has 0 atom stereocenters. The van der Waals surface area contributed by atoms with E-state index in [4.69, 9.17) is 38.5 Å². The van der Waals surface area contributed by atoms with Crippen LogP contribution in [0.1, 0.15) is 0 Å². The topological polar surface area (TPSA) is 92.2 Å². The Bertz CT molecular complexity index is 775. The molecule has 0 aliphatic heterocycles. The van der Waals surface area contributed by atoms with Crippen LogP contribution >= 0.6 is 23.2 Å². The summed E-state index contributed by atoms with van der Waals surface area (Å²) in [5.74, 6) is -0.449. The third-order valence-corrected chi connectivity index (χ3v) is 3.08. The molecular weight excluding hydrogens is 303 g/mol. The summed E-state index contributed by atoms with van der Waals surface area (Å²) in [5, 5.41) is 9.77. The number of hydrogen-bond donors (Lipinski definition) is 3. The van der Waals surface area contributed by atoms with Crippen LogP contribution in [0.5, 0.6) is 5.75 Å². The molecule has 7 heteroatoms. The Morgan fingerprint density at radius 3 is 2.35 bits per heavy atom. The first kappa shape index (κ1) is 14.3. The lowest BCUT2D eigenvalue weighted by molar-refractivity contribution is 0.478. The van der Waals surface area contributed by atoms with Crippen LogP contribution in [-0.2, 0) is 0 Å². The monoisotopic (exact) mass is 312 g/mol. The molecule has 0 unspecified atom stereocenters. The van der Waals surface area contributed by atoms with Gasteiger partial charge in [0.15, 0.2) is 5.58 Å². The second-order valence-electron chi connectivity index (χ2n) is 3.80. The number of aromatic hydroxyl groups is 1. The van der Waals surface area contributed by atoms with E-state index in [9.17, 15) is 4.79 Å². The number of nitrogen functional groups attached to an aromatic ring is 1. The average molecular weight is 313 g/mol. The predicted octanol–water partition coefficient (Wildman–Crippen LogP) is 3.40. The lowest BCUT2D eigenvalue weighted by Gasteiger charge is -1.97. The maximum atomic E-state index is 10.7.